The second-order valence-corrected chi connectivity index (χ2v) is 7.99. The number of amides is 2. The van der Waals surface area contributed by atoms with Crippen molar-refractivity contribution in [3.05, 3.63) is 29.3 Å². The van der Waals surface area contributed by atoms with E-state index in [0.29, 0.717) is 31.9 Å². The fourth-order valence-electron chi connectivity index (χ4n) is 2.77. The third-order valence-corrected chi connectivity index (χ3v) is 5.24. The molecule has 24 heavy (non-hydrogen) atoms. The lowest BCUT2D eigenvalue weighted by Crippen LogP contribution is -2.51. The third kappa shape index (κ3) is 4.25. The lowest BCUT2D eigenvalue weighted by Gasteiger charge is -2.34. The summed E-state index contributed by atoms with van der Waals surface area (Å²) in [6, 6.07) is 5.44. The van der Waals surface area contributed by atoms with Crippen LogP contribution < -0.4 is 4.31 Å². The molecule has 8 heteroatoms. The summed E-state index contributed by atoms with van der Waals surface area (Å²) in [6.45, 7) is 5.30. The van der Waals surface area contributed by atoms with Crippen LogP contribution in [0.3, 0.4) is 0 Å². The van der Waals surface area contributed by atoms with Crippen molar-refractivity contribution in [3.63, 3.8) is 0 Å². The number of sulfonamides is 1. The number of benzene rings is 1. The van der Waals surface area contributed by atoms with E-state index >= 15 is 0 Å². The van der Waals surface area contributed by atoms with Crippen LogP contribution in [0.5, 0.6) is 0 Å². The van der Waals surface area contributed by atoms with E-state index in [0.717, 1.165) is 28.1 Å². The predicted molar refractivity (Wildman–Crippen MR) is 92.3 cm³/mol. The molecule has 132 valence electrons. The van der Waals surface area contributed by atoms with E-state index < -0.39 is 10.0 Å². The van der Waals surface area contributed by atoms with Gasteiger partial charge in [-0.15, -0.1) is 0 Å². The third-order valence-electron chi connectivity index (χ3n) is 4.12. The van der Waals surface area contributed by atoms with Gasteiger partial charge in [0.2, 0.25) is 22.3 Å². The minimum absolute atomic E-state index is 0.232. The van der Waals surface area contributed by atoms with Gasteiger partial charge in [-0.3, -0.25) is 13.9 Å². The molecular weight excluding hydrogens is 330 g/mol. The molecule has 2 amide bonds. The SMILES string of the molecule is Cc1ccc(N(CC(=O)N2CCN(C=O)CC2)S(C)(=O)=O)c(C)c1. The average molecular weight is 353 g/mol. The summed E-state index contributed by atoms with van der Waals surface area (Å²) >= 11 is 0. The molecule has 0 N–H and O–H groups in total. The molecule has 0 radical (unpaired) electrons. The number of nitrogens with zero attached hydrogens (tertiary/aromatic N) is 3. The van der Waals surface area contributed by atoms with Crippen molar-refractivity contribution in [2.75, 3.05) is 43.3 Å². The first kappa shape index (κ1) is 18.3. The Morgan fingerprint density at radius 3 is 2.33 bits per heavy atom. The number of aryl methyl sites for hydroxylation is 2. The van der Waals surface area contributed by atoms with Gasteiger partial charge in [-0.25, -0.2) is 8.42 Å². The maximum Gasteiger partial charge on any atom is 0.243 e. The Balaban J connectivity index is 2.18. The standard InChI is InChI=1S/C16H23N3O4S/c1-13-4-5-15(14(2)10-13)19(24(3,22)23)11-16(21)18-8-6-17(12-20)7-9-18/h4-5,10,12H,6-9,11H2,1-3H3. The molecule has 1 heterocycles. The van der Waals surface area contributed by atoms with Crippen molar-refractivity contribution in [2.45, 2.75) is 13.8 Å². The summed E-state index contributed by atoms with van der Waals surface area (Å²) in [5.41, 5.74) is 2.35. The topological polar surface area (TPSA) is 78.0 Å². The maximum absolute atomic E-state index is 12.5. The van der Waals surface area contributed by atoms with E-state index in [1.165, 1.54) is 0 Å². The largest absolute Gasteiger partial charge is 0.342 e. The van der Waals surface area contributed by atoms with Gasteiger partial charge in [-0.1, -0.05) is 17.7 Å². The predicted octanol–water partition coefficient (Wildman–Crippen LogP) is 0.370. The number of hydrogen-bond acceptors (Lipinski definition) is 4. The van der Waals surface area contributed by atoms with Crippen molar-refractivity contribution in [2.24, 2.45) is 0 Å². The fourth-order valence-corrected chi connectivity index (χ4v) is 3.67. The molecule has 1 aliphatic heterocycles. The zero-order valence-corrected chi connectivity index (χ0v) is 15.0. The van der Waals surface area contributed by atoms with E-state index in [9.17, 15) is 18.0 Å². The van der Waals surface area contributed by atoms with Gasteiger partial charge in [0.15, 0.2) is 0 Å². The van der Waals surface area contributed by atoms with Crippen LogP contribution in [0.25, 0.3) is 0 Å². The van der Waals surface area contributed by atoms with Crippen molar-refractivity contribution in [1.29, 1.82) is 0 Å². The van der Waals surface area contributed by atoms with E-state index in [1.54, 1.807) is 15.9 Å². The number of anilines is 1. The molecular formula is C16H23N3O4S. The van der Waals surface area contributed by atoms with Crippen LogP contribution in [-0.4, -0.2) is 69.5 Å². The zero-order chi connectivity index (χ0) is 17.9. The minimum atomic E-state index is -3.58. The average Bonchev–Trinajstić information content (AvgIpc) is 2.52. The molecule has 0 unspecified atom stereocenters. The molecule has 7 nitrogen and oxygen atoms in total. The highest BCUT2D eigenvalue weighted by molar-refractivity contribution is 7.92. The number of hydrogen-bond donors (Lipinski definition) is 0. The zero-order valence-electron chi connectivity index (χ0n) is 14.2. The molecule has 0 aromatic heterocycles. The van der Waals surface area contributed by atoms with Gasteiger partial charge in [0.1, 0.15) is 6.54 Å². The van der Waals surface area contributed by atoms with Crippen LogP contribution in [0.2, 0.25) is 0 Å². The Morgan fingerprint density at radius 1 is 1.21 bits per heavy atom. The first-order chi connectivity index (χ1) is 11.2. The first-order valence-corrected chi connectivity index (χ1v) is 9.59. The fraction of sp³-hybridized carbons (Fsp3) is 0.500. The molecule has 0 aliphatic carbocycles. The maximum atomic E-state index is 12.5. The molecule has 1 aromatic carbocycles. The highest BCUT2D eigenvalue weighted by Crippen LogP contribution is 2.23. The summed E-state index contributed by atoms with van der Waals surface area (Å²) in [7, 11) is -3.58. The summed E-state index contributed by atoms with van der Waals surface area (Å²) < 4.78 is 25.5. The van der Waals surface area contributed by atoms with Gasteiger partial charge < -0.3 is 9.80 Å². The van der Waals surface area contributed by atoms with Gasteiger partial charge >= 0.3 is 0 Å². The molecule has 1 aromatic rings. The Morgan fingerprint density at radius 2 is 1.83 bits per heavy atom. The van der Waals surface area contributed by atoms with E-state index in [1.807, 2.05) is 26.0 Å². The highest BCUT2D eigenvalue weighted by Gasteiger charge is 2.27. The van der Waals surface area contributed by atoms with Crippen molar-refractivity contribution in [1.82, 2.24) is 9.80 Å². The van der Waals surface area contributed by atoms with E-state index in [-0.39, 0.29) is 12.5 Å². The summed E-state index contributed by atoms with van der Waals surface area (Å²) in [6.07, 6.45) is 1.87. The van der Waals surface area contributed by atoms with Crippen molar-refractivity contribution >= 4 is 28.0 Å². The molecule has 1 saturated heterocycles. The summed E-state index contributed by atoms with van der Waals surface area (Å²) in [4.78, 5) is 26.4. The van der Waals surface area contributed by atoms with Gasteiger partial charge in [0.05, 0.1) is 11.9 Å². The van der Waals surface area contributed by atoms with Gasteiger partial charge in [0, 0.05) is 26.2 Å². The molecule has 0 atom stereocenters. The minimum Gasteiger partial charge on any atom is -0.342 e. The highest BCUT2D eigenvalue weighted by atomic mass is 32.2. The van der Waals surface area contributed by atoms with Crippen molar-refractivity contribution < 1.29 is 18.0 Å². The first-order valence-electron chi connectivity index (χ1n) is 7.74. The van der Waals surface area contributed by atoms with E-state index in [4.69, 9.17) is 0 Å². The number of rotatable bonds is 5. The molecule has 0 spiro atoms. The van der Waals surface area contributed by atoms with Crippen LogP contribution in [0.1, 0.15) is 11.1 Å². The number of carbonyl (C=O) groups is 2. The molecule has 0 bridgehead atoms. The van der Waals surface area contributed by atoms with Crippen LogP contribution in [-0.2, 0) is 19.6 Å². The Kier molecular flexibility index (Phi) is 5.48. The van der Waals surface area contributed by atoms with Gasteiger partial charge in [0.25, 0.3) is 0 Å². The smallest absolute Gasteiger partial charge is 0.243 e. The lowest BCUT2D eigenvalue weighted by atomic mass is 10.1. The second-order valence-electron chi connectivity index (χ2n) is 6.08. The Hall–Kier alpha value is -2.09. The number of carbonyl (C=O) groups excluding carboxylic acids is 2. The molecule has 1 aliphatic rings. The van der Waals surface area contributed by atoms with Gasteiger partial charge in [-0.05, 0) is 25.5 Å². The lowest BCUT2D eigenvalue weighted by molar-refractivity contribution is -0.133. The van der Waals surface area contributed by atoms with Crippen LogP contribution in [0, 0.1) is 13.8 Å². The monoisotopic (exact) mass is 353 g/mol. The van der Waals surface area contributed by atoms with Crippen molar-refractivity contribution in [3.8, 4) is 0 Å². The molecule has 2 rings (SSSR count). The van der Waals surface area contributed by atoms with Crippen LogP contribution >= 0.6 is 0 Å². The van der Waals surface area contributed by atoms with Crippen LogP contribution in [0.15, 0.2) is 18.2 Å². The second kappa shape index (κ2) is 7.21. The Bertz CT molecular complexity index is 725. The van der Waals surface area contributed by atoms with Gasteiger partial charge in [-0.2, -0.15) is 0 Å². The van der Waals surface area contributed by atoms with Crippen LogP contribution in [0.4, 0.5) is 5.69 Å². The van der Waals surface area contributed by atoms with E-state index in [2.05, 4.69) is 0 Å². The normalized spacial score (nSPS) is 15.3. The Labute approximate surface area is 142 Å². The quantitative estimate of drug-likeness (QED) is 0.717. The number of piperazine rings is 1. The summed E-state index contributed by atoms with van der Waals surface area (Å²) in [5, 5.41) is 0. The summed E-state index contributed by atoms with van der Waals surface area (Å²) in [5.74, 6) is -0.258. The molecule has 0 saturated carbocycles. The molecule has 1 fully saturated rings.